The van der Waals surface area contributed by atoms with Gasteiger partial charge in [-0.25, -0.2) is 14.8 Å². The van der Waals surface area contributed by atoms with Crippen LogP contribution in [0.2, 0.25) is 0 Å². The summed E-state index contributed by atoms with van der Waals surface area (Å²) >= 11 is 0. The third kappa shape index (κ3) is 5.00. The van der Waals surface area contributed by atoms with Crippen molar-refractivity contribution in [3.05, 3.63) is 47.3 Å². The molecule has 0 aliphatic rings. The molecule has 1 amide bonds. The molecule has 0 aliphatic heterocycles. The lowest BCUT2D eigenvalue weighted by Gasteiger charge is -2.11. The van der Waals surface area contributed by atoms with Crippen molar-refractivity contribution in [1.29, 1.82) is 0 Å². The van der Waals surface area contributed by atoms with Gasteiger partial charge in [-0.2, -0.15) is 0 Å². The van der Waals surface area contributed by atoms with Gasteiger partial charge in [-0.05, 0) is 31.0 Å². The number of carbonyl (C=O) groups is 2. The van der Waals surface area contributed by atoms with Gasteiger partial charge >= 0.3 is 5.97 Å². The number of rotatable bonds is 6. The van der Waals surface area contributed by atoms with Gasteiger partial charge in [0.25, 0.3) is 5.91 Å². The van der Waals surface area contributed by atoms with Crippen LogP contribution in [0.5, 0.6) is 0 Å². The lowest BCUT2D eigenvalue weighted by molar-refractivity contribution is 0.0602. The minimum atomic E-state index is -0.519. The number of esters is 1. The number of aryl methyl sites for hydroxylation is 1. The molecule has 1 heterocycles. The van der Waals surface area contributed by atoms with Gasteiger partial charge in [0.2, 0.25) is 5.95 Å². The highest BCUT2D eigenvalue weighted by atomic mass is 16.5. The van der Waals surface area contributed by atoms with Gasteiger partial charge in [0.05, 0.1) is 18.4 Å². The van der Waals surface area contributed by atoms with Gasteiger partial charge in [-0.15, -0.1) is 0 Å². The van der Waals surface area contributed by atoms with E-state index in [1.165, 1.54) is 7.11 Å². The Bertz CT molecular complexity index is 775. The molecule has 2 N–H and O–H groups in total. The van der Waals surface area contributed by atoms with E-state index < -0.39 is 11.9 Å². The molecule has 0 spiro atoms. The van der Waals surface area contributed by atoms with Crippen molar-refractivity contribution < 1.29 is 14.3 Å². The van der Waals surface area contributed by atoms with E-state index in [1.54, 1.807) is 37.3 Å². The van der Waals surface area contributed by atoms with Gasteiger partial charge in [0.1, 0.15) is 5.69 Å². The lowest BCUT2D eigenvalue weighted by Crippen LogP contribution is -2.19. The number of carbonyl (C=O) groups excluding carboxylic acids is 2. The van der Waals surface area contributed by atoms with Crippen LogP contribution in [0.3, 0.4) is 0 Å². The first kappa shape index (κ1) is 18.4. The van der Waals surface area contributed by atoms with E-state index in [1.807, 2.05) is 0 Å². The van der Waals surface area contributed by atoms with Gasteiger partial charge < -0.3 is 15.4 Å². The van der Waals surface area contributed by atoms with Gasteiger partial charge in [-0.1, -0.05) is 26.0 Å². The predicted molar refractivity (Wildman–Crippen MR) is 95.8 cm³/mol. The monoisotopic (exact) mass is 342 g/mol. The van der Waals surface area contributed by atoms with Crippen LogP contribution in [0, 0.1) is 12.8 Å². The Morgan fingerprint density at radius 3 is 2.60 bits per heavy atom. The average Bonchev–Trinajstić information content (AvgIpc) is 2.59. The summed E-state index contributed by atoms with van der Waals surface area (Å²) in [6.07, 6.45) is 0. The maximum atomic E-state index is 12.5. The number of amides is 1. The Kier molecular flexibility index (Phi) is 6.05. The van der Waals surface area contributed by atoms with E-state index in [0.29, 0.717) is 29.8 Å². The molecule has 0 fully saturated rings. The Labute approximate surface area is 146 Å². The Morgan fingerprint density at radius 2 is 1.92 bits per heavy atom. The van der Waals surface area contributed by atoms with Crippen LogP contribution >= 0.6 is 0 Å². The summed E-state index contributed by atoms with van der Waals surface area (Å²) in [5, 5.41) is 5.81. The number of nitrogens with zero attached hydrogens (tertiary/aromatic N) is 2. The van der Waals surface area contributed by atoms with Crippen molar-refractivity contribution in [2.75, 3.05) is 24.3 Å². The quantitative estimate of drug-likeness (QED) is 0.784. The van der Waals surface area contributed by atoms with E-state index in [2.05, 4.69) is 34.4 Å². The number of nitrogens with one attached hydrogen (secondary N) is 2. The summed E-state index contributed by atoms with van der Waals surface area (Å²) in [6.45, 7) is 6.64. The van der Waals surface area contributed by atoms with Crippen LogP contribution < -0.4 is 10.6 Å². The molecule has 0 aliphatic carbocycles. The number of aromatic nitrogens is 2. The van der Waals surface area contributed by atoms with Gasteiger partial charge in [0, 0.05) is 12.2 Å². The first-order chi connectivity index (χ1) is 11.9. The molecule has 132 valence electrons. The fourth-order valence-electron chi connectivity index (χ4n) is 2.13. The summed E-state index contributed by atoms with van der Waals surface area (Å²) in [5.41, 5.74) is 1.54. The van der Waals surface area contributed by atoms with Crippen molar-refractivity contribution in [3.8, 4) is 0 Å². The molecule has 0 saturated heterocycles. The smallest absolute Gasteiger partial charge is 0.339 e. The molecule has 25 heavy (non-hydrogen) atoms. The summed E-state index contributed by atoms with van der Waals surface area (Å²) in [4.78, 5) is 32.9. The molecule has 0 bridgehead atoms. The van der Waals surface area contributed by atoms with Crippen LogP contribution in [0.15, 0.2) is 30.3 Å². The van der Waals surface area contributed by atoms with Gasteiger partial charge in [-0.3, -0.25) is 4.79 Å². The lowest BCUT2D eigenvalue weighted by atomic mass is 10.1. The van der Waals surface area contributed by atoms with Crippen LogP contribution in [-0.2, 0) is 4.74 Å². The molecule has 0 saturated carbocycles. The van der Waals surface area contributed by atoms with Crippen LogP contribution in [0.4, 0.5) is 11.6 Å². The molecule has 7 heteroatoms. The first-order valence-corrected chi connectivity index (χ1v) is 7.99. The predicted octanol–water partition coefficient (Wildman–Crippen LogP) is 2.89. The number of methoxy groups -OCH3 is 1. The fourth-order valence-corrected chi connectivity index (χ4v) is 2.13. The number of para-hydroxylation sites is 1. The Balaban J connectivity index is 2.23. The third-order valence-corrected chi connectivity index (χ3v) is 3.34. The molecule has 2 aromatic rings. The largest absolute Gasteiger partial charge is 0.465 e. The zero-order valence-electron chi connectivity index (χ0n) is 14.8. The normalized spacial score (nSPS) is 10.4. The maximum absolute atomic E-state index is 12.5. The fraction of sp³-hybridized carbons (Fsp3) is 0.333. The number of anilines is 2. The highest BCUT2D eigenvalue weighted by Gasteiger charge is 2.16. The molecule has 1 aromatic heterocycles. The highest BCUT2D eigenvalue weighted by molar-refractivity contribution is 6.07. The number of ether oxygens (including phenoxy) is 1. The van der Waals surface area contributed by atoms with Crippen LogP contribution in [0.1, 0.15) is 40.4 Å². The van der Waals surface area contributed by atoms with Crippen molar-refractivity contribution in [2.24, 2.45) is 5.92 Å². The van der Waals surface area contributed by atoms with E-state index in [4.69, 9.17) is 4.74 Å². The second-order valence-electron chi connectivity index (χ2n) is 5.98. The van der Waals surface area contributed by atoms with Crippen molar-refractivity contribution >= 4 is 23.5 Å². The molecule has 0 atom stereocenters. The summed E-state index contributed by atoms with van der Waals surface area (Å²) in [5.74, 6) is -0.114. The first-order valence-electron chi connectivity index (χ1n) is 7.99. The van der Waals surface area contributed by atoms with Crippen LogP contribution in [-0.4, -0.2) is 35.5 Å². The summed E-state index contributed by atoms with van der Waals surface area (Å²) < 4.78 is 4.73. The Morgan fingerprint density at radius 1 is 1.20 bits per heavy atom. The molecule has 0 unspecified atom stereocenters. The third-order valence-electron chi connectivity index (χ3n) is 3.34. The molecule has 0 radical (unpaired) electrons. The molecular weight excluding hydrogens is 320 g/mol. The topological polar surface area (TPSA) is 93.2 Å². The van der Waals surface area contributed by atoms with E-state index in [9.17, 15) is 9.59 Å². The molecule has 7 nitrogen and oxygen atoms in total. The minimum Gasteiger partial charge on any atom is -0.465 e. The highest BCUT2D eigenvalue weighted by Crippen LogP contribution is 2.17. The number of hydrogen-bond donors (Lipinski definition) is 2. The molecule has 1 aromatic carbocycles. The second kappa shape index (κ2) is 8.23. The van der Waals surface area contributed by atoms with E-state index in [-0.39, 0.29) is 11.3 Å². The average molecular weight is 342 g/mol. The summed E-state index contributed by atoms with van der Waals surface area (Å²) in [7, 11) is 1.29. The van der Waals surface area contributed by atoms with Crippen molar-refractivity contribution in [3.63, 3.8) is 0 Å². The van der Waals surface area contributed by atoms with Crippen LogP contribution in [0.25, 0.3) is 0 Å². The number of hydrogen-bond acceptors (Lipinski definition) is 6. The Hall–Kier alpha value is -2.96. The zero-order chi connectivity index (χ0) is 18.4. The minimum absolute atomic E-state index is 0.221. The van der Waals surface area contributed by atoms with Crippen molar-refractivity contribution in [1.82, 2.24) is 9.97 Å². The number of benzene rings is 1. The maximum Gasteiger partial charge on any atom is 0.339 e. The molecule has 2 rings (SSSR count). The zero-order valence-corrected chi connectivity index (χ0v) is 14.8. The summed E-state index contributed by atoms with van der Waals surface area (Å²) in [6, 6.07) is 8.24. The molecular formula is C18H22N4O3. The standard InChI is InChI=1S/C18H22N4O3/c1-11(2)10-19-18-20-12(3)9-15(22-18)16(23)21-14-8-6-5-7-13(14)17(24)25-4/h5-9,11H,10H2,1-4H3,(H,21,23)(H,19,20,22). The van der Waals surface area contributed by atoms with Crippen molar-refractivity contribution in [2.45, 2.75) is 20.8 Å². The second-order valence-corrected chi connectivity index (χ2v) is 5.98. The van der Waals surface area contributed by atoms with E-state index >= 15 is 0 Å². The van der Waals surface area contributed by atoms with E-state index in [0.717, 1.165) is 0 Å². The SMILES string of the molecule is COC(=O)c1ccccc1NC(=O)c1cc(C)nc(NCC(C)C)n1. The van der Waals surface area contributed by atoms with Gasteiger partial charge in [0.15, 0.2) is 0 Å².